The summed E-state index contributed by atoms with van der Waals surface area (Å²) in [6.45, 7) is 7.96. The highest BCUT2D eigenvalue weighted by Gasteiger charge is 2.28. The molecule has 1 atom stereocenters. The third kappa shape index (κ3) is 4.53. The Labute approximate surface area is 156 Å². The second kappa shape index (κ2) is 8.33. The normalized spacial score (nSPS) is 23.0. The summed E-state index contributed by atoms with van der Waals surface area (Å²) in [7, 11) is 1.94. The quantitative estimate of drug-likeness (QED) is 0.807. The number of likely N-dealkylation sites (tertiary alicyclic amines) is 2. The largest absolute Gasteiger partial charge is 0.341 e. The van der Waals surface area contributed by atoms with Crippen LogP contribution in [0.4, 0.5) is 0 Å². The first-order chi connectivity index (χ1) is 12.4. The van der Waals surface area contributed by atoms with Crippen molar-refractivity contribution >= 4 is 5.91 Å². The Morgan fingerprint density at radius 1 is 1.15 bits per heavy atom. The first-order valence-corrected chi connectivity index (χ1v) is 9.98. The summed E-state index contributed by atoms with van der Waals surface area (Å²) in [6.07, 6.45) is 6.75. The van der Waals surface area contributed by atoms with Gasteiger partial charge in [0, 0.05) is 38.7 Å². The summed E-state index contributed by atoms with van der Waals surface area (Å²) >= 11 is 0. The molecule has 0 N–H and O–H groups in total. The van der Waals surface area contributed by atoms with Crippen LogP contribution in [0.1, 0.15) is 57.6 Å². The van der Waals surface area contributed by atoms with Crippen molar-refractivity contribution < 1.29 is 4.79 Å². The molecule has 1 amide bonds. The molecule has 0 saturated carbocycles. The van der Waals surface area contributed by atoms with Crippen LogP contribution in [0.15, 0.2) is 17.2 Å². The number of hydrogen-bond donors (Lipinski definition) is 0. The summed E-state index contributed by atoms with van der Waals surface area (Å²) < 4.78 is 1.76. The molecular weight excluding hydrogens is 328 g/mol. The van der Waals surface area contributed by atoms with Crippen molar-refractivity contribution in [3.05, 3.63) is 28.4 Å². The first-order valence-electron chi connectivity index (χ1n) is 9.98. The van der Waals surface area contributed by atoms with E-state index in [1.807, 2.05) is 11.9 Å². The van der Waals surface area contributed by atoms with Gasteiger partial charge in [0.25, 0.3) is 5.56 Å². The summed E-state index contributed by atoms with van der Waals surface area (Å²) in [6, 6.07) is 2.04. The van der Waals surface area contributed by atoms with Crippen LogP contribution in [-0.2, 0) is 11.3 Å². The van der Waals surface area contributed by atoms with Crippen LogP contribution in [0, 0.1) is 5.92 Å². The van der Waals surface area contributed by atoms with Crippen LogP contribution in [0.25, 0.3) is 0 Å². The molecule has 2 saturated heterocycles. The minimum atomic E-state index is 0.0634. The number of carbonyl (C=O) groups excluding carboxylic acids is 1. The summed E-state index contributed by atoms with van der Waals surface area (Å²) in [5.74, 6) is 1.10. The molecule has 6 nitrogen and oxygen atoms in total. The van der Waals surface area contributed by atoms with Crippen LogP contribution in [-0.4, -0.2) is 58.0 Å². The van der Waals surface area contributed by atoms with Gasteiger partial charge in [0.15, 0.2) is 0 Å². The number of carbonyl (C=O) groups is 1. The Balaban J connectivity index is 1.49. The Kier molecular flexibility index (Phi) is 6.12. The zero-order chi connectivity index (χ0) is 18.7. The molecule has 144 valence electrons. The smallest absolute Gasteiger partial charge is 0.253 e. The molecule has 2 fully saturated rings. The maximum Gasteiger partial charge on any atom is 0.253 e. The second-order valence-electron chi connectivity index (χ2n) is 8.25. The fraction of sp³-hybridized carbons (Fsp3) is 0.750. The lowest BCUT2D eigenvalue weighted by molar-refractivity contribution is -0.135. The minimum Gasteiger partial charge on any atom is -0.341 e. The van der Waals surface area contributed by atoms with Gasteiger partial charge in [-0.3, -0.25) is 14.2 Å². The summed E-state index contributed by atoms with van der Waals surface area (Å²) in [5.41, 5.74) is 0.931. The van der Waals surface area contributed by atoms with Crippen molar-refractivity contribution in [3.63, 3.8) is 0 Å². The van der Waals surface area contributed by atoms with E-state index < -0.39 is 0 Å². The highest BCUT2D eigenvalue weighted by atomic mass is 16.2. The predicted molar refractivity (Wildman–Crippen MR) is 102 cm³/mol. The molecule has 0 aromatic carbocycles. The molecule has 0 radical (unpaired) electrons. The number of nitrogens with zero attached hydrogens (tertiary/aromatic N) is 4. The van der Waals surface area contributed by atoms with Gasteiger partial charge in [0.2, 0.25) is 5.91 Å². The molecule has 0 spiro atoms. The Morgan fingerprint density at radius 3 is 2.54 bits per heavy atom. The third-order valence-corrected chi connectivity index (χ3v) is 5.99. The summed E-state index contributed by atoms with van der Waals surface area (Å²) in [4.78, 5) is 33.0. The van der Waals surface area contributed by atoms with Gasteiger partial charge >= 0.3 is 0 Å². The number of hydrogen-bond acceptors (Lipinski definition) is 4. The maximum atomic E-state index is 12.3. The van der Waals surface area contributed by atoms with E-state index in [1.165, 1.54) is 0 Å². The van der Waals surface area contributed by atoms with E-state index in [0.29, 0.717) is 18.4 Å². The van der Waals surface area contributed by atoms with E-state index in [-0.39, 0.29) is 17.4 Å². The molecule has 2 aliphatic heterocycles. The first kappa shape index (κ1) is 19.1. The average Bonchev–Trinajstić information content (AvgIpc) is 2.62. The van der Waals surface area contributed by atoms with Gasteiger partial charge in [-0.1, -0.05) is 13.8 Å². The maximum absolute atomic E-state index is 12.3. The van der Waals surface area contributed by atoms with Gasteiger partial charge in [-0.25, -0.2) is 4.98 Å². The lowest BCUT2D eigenvalue weighted by Gasteiger charge is -2.39. The molecule has 26 heavy (non-hydrogen) atoms. The van der Waals surface area contributed by atoms with E-state index in [1.54, 1.807) is 17.0 Å². The van der Waals surface area contributed by atoms with Crippen molar-refractivity contribution in [1.82, 2.24) is 19.4 Å². The Hall–Kier alpha value is -1.69. The van der Waals surface area contributed by atoms with Crippen molar-refractivity contribution in [2.75, 3.05) is 26.7 Å². The fourth-order valence-electron chi connectivity index (χ4n) is 4.10. The Bertz CT molecular complexity index is 677. The van der Waals surface area contributed by atoms with Gasteiger partial charge in [0.05, 0.1) is 12.0 Å². The molecular formula is C20H32N4O2. The predicted octanol–water partition coefficient (Wildman–Crippen LogP) is 2.09. The van der Waals surface area contributed by atoms with Crippen molar-refractivity contribution in [2.45, 2.75) is 64.5 Å². The lowest BCUT2D eigenvalue weighted by atomic mass is 9.95. The monoisotopic (exact) mass is 360 g/mol. The SMILES string of the molecule is CC(C)c1cc(=O)n(CC2CCN(CC3CCCC(=O)N3C)CC2)cn1. The standard InChI is InChI=1S/C20H32N4O2/c1-15(2)18-11-20(26)24(14-21-18)12-16-7-9-23(10-8-16)13-17-5-4-6-19(25)22(17)3/h11,14-17H,4-10,12-13H2,1-3H3. The van der Waals surface area contributed by atoms with Crippen molar-refractivity contribution in [3.8, 4) is 0 Å². The Morgan fingerprint density at radius 2 is 1.88 bits per heavy atom. The van der Waals surface area contributed by atoms with Crippen LogP contribution in [0.3, 0.4) is 0 Å². The molecule has 1 aromatic rings. The van der Waals surface area contributed by atoms with E-state index >= 15 is 0 Å². The van der Waals surface area contributed by atoms with E-state index in [4.69, 9.17) is 0 Å². The number of amides is 1. The molecule has 3 rings (SSSR count). The number of likely N-dealkylation sites (N-methyl/N-ethyl adjacent to an activating group) is 1. The third-order valence-electron chi connectivity index (χ3n) is 5.99. The number of rotatable bonds is 5. The highest BCUT2D eigenvalue weighted by molar-refractivity contribution is 5.76. The molecule has 0 aliphatic carbocycles. The van der Waals surface area contributed by atoms with Gasteiger partial charge in [-0.05, 0) is 50.6 Å². The van der Waals surface area contributed by atoms with Gasteiger partial charge in [0.1, 0.15) is 0 Å². The van der Waals surface area contributed by atoms with Crippen LogP contribution < -0.4 is 5.56 Å². The van der Waals surface area contributed by atoms with Crippen LogP contribution in [0.5, 0.6) is 0 Å². The topological polar surface area (TPSA) is 58.4 Å². The number of aromatic nitrogens is 2. The van der Waals surface area contributed by atoms with Gasteiger partial charge in [-0.2, -0.15) is 0 Å². The second-order valence-corrected chi connectivity index (χ2v) is 8.25. The fourth-order valence-corrected chi connectivity index (χ4v) is 4.10. The minimum absolute atomic E-state index is 0.0634. The van der Waals surface area contributed by atoms with E-state index in [2.05, 4.69) is 23.7 Å². The van der Waals surface area contributed by atoms with E-state index in [9.17, 15) is 9.59 Å². The molecule has 3 heterocycles. The van der Waals surface area contributed by atoms with Gasteiger partial charge < -0.3 is 9.80 Å². The van der Waals surface area contributed by atoms with Gasteiger partial charge in [-0.15, -0.1) is 0 Å². The molecule has 6 heteroatoms. The van der Waals surface area contributed by atoms with Crippen molar-refractivity contribution in [1.29, 1.82) is 0 Å². The zero-order valence-electron chi connectivity index (χ0n) is 16.4. The summed E-state index contributed by atoms with van der Waals surface area (Å²) in [5, 5.41) is 0. The highest BCUT2D eigenvalue weighted by Crippen LogP contribution is 2.22. The van der Waals surface area contributed by atoms with Crippen molar-refractivity contribution in [2.24, 2.45) is 5.92 Å². The van der Waals surface area contributed by atoms with Crippen LogP contribution >= 0.6 is 0 Å². The van der Waals surface area contributed by atoms with E-state index in [0.717, 1.165) is 57.6 Å². The molecule has 2 aliphatic rings. The lowest BCUT2D eigenvalue weighted by Crippen LogP contribution is -2.49. The average molecular weight is 361 g/mol. The molecule has 0 bridgehead atoms. The zero-order valence-corrected chi connectivity index (χ0v) is 16.4. The van der Waals surface area contributed by atoms with Crippen LogP contribution in [0.2, 0.25) is 0 Å². The number of piperidine rings is 2. The molecule has 1 aromatic heterocycles. The molecule has 1 unspecified atom stereocenters.